The number of amides is 1. The summed E-state index contributed by atoms with van der Waals surface area (Å²) < 4.78 is 5.44. The summed E-state index contributed by atoms with van der Waals surface area (Å²) in [5.74, 6) is -0.109. The molecule has 1 saturated heterocycles. The first-order valence-corrected chi connectivity index (χ1v) is 6.68. The van der Waals surface area contributed by atoms with Crippen LogP contribution >= 0.6 is 0 Å². The minimum atomic E-state index is -0.256. The zero-order valence-electron chi connectivity index (χ0n) is 11.3. The van der Waals surface area contributed by atoms with E-state index in [1.54, 1.807) is 11.0 Å². The van der Waals surface area contributed by atoms with Gasteiger partial charge in [0.15, 0.2) is 0 Å². The number of ether oxygens (including phenoxy) is 1. The van der Waals surface area contributed by atoms with Gasteiger partial charge in [-0.3, -0.25) is 9.59 Å². The Kier molecular flexibility index (Phi) is 3.28. The van der Waals surface area contributed by atoms with Gasteiger partial charge in [-0.25, -0.2) is 0 Å². The summed E-state index contributed by atoms with van der Waals surface area (Å²) in [4.78, 5) is 28.8. The molecule has 1 aliphatic rings. The molecule has 0 saturated carbocycles. The van der Waals surface area contributed by atoms with Crippen molar-refractivity contribution in [3.63, 3.8) is 0 Å². The van der Waals surface area contributed by atoms with Gasteiger partial charge in [0.25, 0.3) is 5.91 Å². The predicted molar refractivity (Wildman–Crippen MR) is 75.9 cm³/mol. The molecule has 1 atom stereocenters. The van der Waals surface area contributed by atoms with Crippen LogP contribution in [0, 0.1) is 0 Å². The first-order valence-electron chi connectivity index (χ1n) is 6.68. The van der Waals surface area contributed by atoms with Crippen molar-refractivity contribution in [2.24, 2.45) is 0 Å². The molecule has 20 heavy (non-hydrogen) atoms. The number of carbonyl (C=O) groups excluding carboxylic acids is 1. The molecule has 0 radical (unpaired) electrons. The average molecular weight is 272 g/mol. The molecule has 5 heteroatoms. The van der Waals surface area contributed by atoms with Gasteiger partial charge in [0.05, 0.1) is 18.3 Å². The summed E-state index contributed by atoms with van der Waals surface area (Å²) in [7, 11) is 0. The smallest absolute Gasteiger partial charge is 0.254 e. The van der Waals surface area contributed by atoms with E-state index in [2.05, 4.69) is 4.98 Å². The molecule has 1 N–H and O–H groups in total. The van der Waals surface area contributed by atoms with E-state index in [0.29, 0.717) is 30.8 Å². The number of nitrogens with one attached hydrogen (secondary N) is 1. The number of hydrogen-bond acceptors (Lipinski definition) is 3. The van der Waals surface area contributed by atoms with Crippen LogP contribution in [0.15, 0.2) is 35.1 Å². The summed E-state index contributed by atoms with van der Waals surface area (Å²) >= 11 is 0. The molecule has 1 aromatic carbocycles. The van der Waals surface area contributed by atoms with Gasteiger partial charge in [-0.15, -0.1) is 0 Å². The second-order valence-electron chi connectivity index (χ2n) is 5.03. The van der Waals surface area contributed by atoms with Crippen molar-refractivity contribution < 1.29 is 9.53 Å². The maximum atomic E-state index is 12.6. The third kappa shape index (κ3) is 2.32. The lowest BCUT2D eigenvalue weighted by atomic mass is 10.1. The van der Waals surface area contributed by atoms with Crippen LogP contribution in [0.2, 0.25) is 0 Å². The number of pyridine rings is 1. The largest absolute Gasteiger partial charge is 0.375 e. The number of aromatic amines is 1. The molecule has 3 rings (SSSR count). The fraction of sp³-hybridized carbons (Fsp3) is 0.333. The summed E-state index contributed by atoms with van der Waals surface area (Å²) in [6.07, 6.45) is 0.0287. The number of H-pyrrole nitrogens is 1. The molecule has 1 amide bonds. The van der Waals surface area contributed by atoms with E-state index in [-0.39, 0.29) is 17.6 Å². The van der Waals surface area contributed by atoms with E-state index in [1.165, 1.54) is 6.07 Å². The Bertz CT molecular complexity index is 708. The lowest BCUT2D eigenvalue weighted by Crippen LogP contribution is -2.44. The summed E-state index contributed by atoms with van der Waals surface area (Å²) in [5.41, 5.74) is 0.886. The number of rotatable bonds is 1. The quantitative estimate of drug-likeness (QED) is 0.853. The zero-order valence-corrected chi connectivity index (χ0v) is 11.3. The van der Waals surface area contributed by atoms with Crippen molar-refractivity contribution in [2.75, 3.05) is 19.7 Å². The highest BCUT2D eigenvalue weighted by Crippen LogP contribution is 2.17. The fourth-order valence-corrected chi connectivity index (χ4v) is 2.55. The van der Waals surface area contributed by atoms with Crippen LogP contribution < -0.4 is 5.56 Å². The molecule has 2 heterocycles. The molecule has 104 valence electrons. The second kappa shape index (κ2) is 5.09. The number of hydrogen-bond donors (Lipinski definition) is 1. The van der Waals surface area contributed by atoms with Crippen LogP contribution in [0.25, 0.3) is 10.9 Å². The third-order valence-electron chi connectivity index (χ3n) is 3.51. The molecule has 0 aliphatic carbocycles. The SMILES string of the molecule is C[C@@H]1CN(C(=O)c2cc(=O)[nH]c3ccccc23)CCO1. The van der Waals surface area contributed by atoms with Crippen LogP contribution in [0.1, 0.15) is 17.3 Å². The monoisotopic (exact) mass is 272 g/mol. The number of para-hydroxylation sites is 1. The second-order valence-corrected chi connectivity index (χ2v) is 5.03. The van der Waals surface area contributed by atoms with E-state index < -0.39 is 0 Å². The lowest BCUT2D eigenvalue weighted by Gasteiger charge is -2.31. The topological polar surface area (TPSA) is 62.4 Å². The highest BCUT2D eigenvalue weighted by molar-refractivity contribution is 6.05. The minimum absolute atomic E-state index is 0.0287. The number of fused-ring (bicyclic) bond motifs is 1. The highest BCUT2D eigenvalue weighted by atomic mass is 16.5. The molecule has 0 unspecified atom stereocenters. The van der Waals surface area contributed by atoms with Crippen molar-refractivity contribution in [1.29, 1.82) is 0 Å². The Morgan fingerprint density at radius 3 is 3.00 bits per heavy atom. The Balaban J connectivity index is 2.05. The van der Waals surface area contributed by atoms with Gasteiger partial charge in [0, 0.05) is 30.1 Å². The normalized spacial score (nSPS) is 19.2. The van der Waals surface area contributed by atoms with Crippen LogP contribution in [-0.2, 0) is 4.74 Å². The van der Waals surface area contributed by atoms with Crippen LogP contribution in [0.3, 0.4) is 0 Å². The lowest BCUT2D eigenvalue weighted by molar-refractivity contribution is -0.0123. The molecule has 0 bridgehead atoms. The first-order chi connectivity index (χ1) is 9.65. The fourth-order valence-electron chi connectivity index (χ4n) is 2.55. The van der Waals surface area contributed by atoms with Crippen molar-refractivity contribution in [3.05, 3.63) is 46.2 Å². The maximum absolute atomic E-state index is 12.6. The molecule has 2 aromatic rings. The molecular weight excluding hydrogens is 256 g/mol. The molecule has 0 spiro atoms. The van der Waals surface area contributed by atoms with Gasteiger partial charge >= 0.3 is 0 Å². The molecular formula is C15H16N2O3. The van der Waals surface area contributed by atoms with Gasteiger partial charge in [0.1, 0.15) is 0 Å². The summed E-state index contributed by atoms with van der Waals surface area (Å²) in [6.45, 7) is 3.59. The van der Waals surface area contributed by atoms with E-state index in [4.69, 9.17) is 4.74 Å². The van der Waals surface area contributed by atoms with Crippen molar-refractivity contribution >= 4 is 16.8 Å². The van der Waals surface area contributed by atoms with E-state index in [0.717, 1.165) is 5.39 Å². The molecule has 5 nitrogen and oxygen atoms in total. The van der Waals surface area contributed by atoms with Gasteiger partial charge in [0.2, 0.25) is 5.56 Å². The average Bonchev–Trinajstić information content (AvgIpc) is 2.45. The van der Waals surface area contributed by atoms with Crippen molar-refractivity contribution in [1.82, 2.24) is 9.88 Å². The van der Waals surface area contributed by atoms with Crippen LogP contribution in [0.4, 0.5) is 0 Å². The van der Waals surface area contributed by atoms with E-state index in [9.17, 15) is 9.59 Å². The molecule has 1 fully saturated rings. The Morgan fingerprint density at radius 1 is 1.40 bits per heavy atom. The summed E-state index contributed by atoms with van der Waals surface area (Å²) in [6, 6.07) is 8.73. The van der Waals surface area contributed by atoms with Gasteiger partial charge in [-0.1, -0.05) is 18.2 Å². The predicted octanol–water partition coefficient (Wildman–Crippen LogP) is 1.39. The highest BCUT2D eigenvalue weighted by Gasteiger charge is 2.24. The number of aromatic nitrogens is 1. The van der Waals surface area contributed by atoms with Crippen molar-refractivity contribution in [3.8, 4) is 0 Å². The Hall–Kier alpha value is -2.14. The molecule has 1 aromatic heterocycles. The van der Waals surface area contributed by atoms with Gasteiger partial charge < -0.3 is 14.6 Å². The van der Waals surface area contributed by atoms with Gasteiger partial charge in [-0.2, -0.15) is 0 Å². The zero-order chi connectivity index (χ0) is 14.1. The molecule has 1 aliphatic heterocycles. The Morgan fingerprint density at radius 2 is 2.20 bits per heavy atom. The van der Waals surface area contributed by atoms with Crippen LogP contribution in [0.5, 0.6) is 0 Å². The third-order valence-corrected chi connectivity index (χ3v) is 3.51. The number of morpholine rings is 1. The number of benzene rings is 1. The number of nitrogens with zero attached hydrogens (tertiary/aromatic N) is 1. The number of carbonyl (C=O) groups is 1. The van der Waals surface area contributed by atoms with E-state index in [1.807, 2.05) is 25.1 Å². The maximum Gasteiger partial charge on any atom is 0.254 e. The van der Waals surface area contributed by atoms with Crippen molar-refractivity contribution in [2.45, 2.75) is 13.0 Å². The summed E-state index contributed by atoms with van der Waals surface area (Å²) in [5, 5.41) is 0.774. The van der Waals surface area contributed by atoms with Gasteiger partial charge in [-0.05, 0) is 13.0 Å². The van der Waals surface area contributed by atoms with E-state index >= 15 is 0 Å². The first kappa shape index (κ1) is 12.9. The standard InChI is InChI=1S/C15H16N2O3/c1-10-9-17(6-7-20-10)15(19)12-8-14(18)16-13-5-3-2-4-11(12)13/h2-5,8,10H,6-7,9H2,1H3,(H,16,18)/t10-/m1/s1. The minimum Gasteiger partial charge on any atom is -0.375 e. The Labute approximate surface area is 116 Å². The van der Waals surface area contributed by atoms with Crippen LogP contribution in [-0.4, -0.2) is 41.6 Å².